The fourth-order valence-corrected chi connectivity index (χ4v) is 3.17. The van der Waals surface area contributed by atoms with E-state index < -0.39 is 29.4 Å². The van der Waals surface area contributed by atoms with Gasteiger partial charge in [0.25, 0.3) is 0 Å². The molecule has 0 radical (unpaired) electrons. The Kier molecular flexibility index (Phi) is 5.79. The highest BCUT2D eigenvalue weighted by Gasteiger charge is 2.41. The first kappa shape index (κ1) is 19.6. The van der Waals surface area contributed by atoms with Crippen molar-refractivity contribution in [2.24, 2.45) is 0 Å². The molecule has 6 nitrogen and oxygen atoms in total. The summed E-state index contributed by atoms with van der Waals surface area (Å²) in [6.45, 7) is 0. The summed E-state index contributed by atoms with van der Waals surface area (Å²) < 4.78 is 44.9. The van der Waals surface area contributed by atoms with E-state index in [1.54, 1.807) is 0 Å². The van der Waals surface area contributed by atoms with Crippen molar-refractivity contribution in [2.45, 2.75) is 44.2 Å². The van der Waals surface area contributed by atoms with Crippen LogP contribution in [0.2, 0.25) is 0 Å². The Bertz CT molecular complexity index is 846. The predicted molar refractivity (Wildman–Crippen MR) is 85.6 cm³/mol. The quantitative estimate of drug-likeness (QED) is 0.662. The molecule has 0 aliphatic heterocycles. The third-order valence-corrected chi connectivity index (χ3v) is 4.18. The van der Waals surface area contributed by atoms with Crippen LogP contribution in [0.5, 0.6) is 5.75 Å². The summed E-state index contributed by atoms with van der Waals surface area (Å²) in [5, 5.41) is 23.4. The highest BCUT2D eigenvalue weighted by Crippen LogP contribution is 2.40. The average Bonchev–Trinajstić information content (AvgIpc) is 2.53. The van der Waals surface area contributed by atoms with Crippen molar-refractivity contribution in [1.82, 2.24) is 0 Å². The normalized spacial score (nSPS) is 15.3. The van der Waals surface area contributed by atoms with Crippen molar-refractivity contribution in [3.63, 3.8) is 0 Å². The Balaban J connectivity index is 0.000000552. The number of alkyl halides is 3. The van der Waals surface area contributed by atoms with Gasteiger partial charge < -0.3 is 19.7 Å². The Morgan fingerprint density at radius 1 is 1.12 bits per heavy atom. The molecule has 0 spiro atoms. The largest absolute Gasteiger partial charge is 0.508 e. The summed E-state index contributed by atoms with van der Waals surface area (Å²) in [5.41, 5.74) is -1.14. The third-order valence-electron chi connectivity index (χ3n) is 4.18. The van der Waals surface area contributed by atoms with Crippen molar-refractivity contribution in [3.05, 3.63) is 39.7 Å². The molecule has 1 aliphatic carbocycles. The summed E-state index contributed by atoms with van der Waals surface area (Å²) in [6, 6.07) is 3.62. The van der Waals surface area contributed by atoms with Gasteiger partial charge in [0.05, 0.1) is 10.9 Å². The maximum atomic E-state index is 13.3. The van der Waals surface area contributed by atoms with Crippen LogP contribution in [0.15, 0.2) is 27.4 Å². The lowest BCUT2D eigenvalue weighted by molar-refractivity contribution is -0.154. The number of rotatable bonds is 1. The van der Waals surface area contributed by atoms with Gasteiger partial charge in [-0.1, -0.05) is 19.3 Å². The van der Waals surface area contributed by atoms with E-state index in [1.165, 1.54) is 12.1 Å². The van der Waals surface area contributed by atoms with E-state index in [0.717, 1.165) is 25.3 Å². The van der Waals surface area contributed by atoms with E-state index in [4.69, 9.17) is 19.4 Å². The Labute approximate surface area is 145 Å². The van der Waals surface area contributed by atoms with E-state index in [2.05, 4.69) is 0 Å². The van der Waals surface area contributed by atoms with Gasteiger partial charge in [0.15, 0.2) is 5.43 Å². The molecule has 3 rings (SSSR count). The Hall–Kier alpha value is -2.71. The highest BCUT2D eigenvalue weighted by molar-refractivity contribution is 5.79. The molecule has 1 aromatic carbocycles. The van der Waals surface area contributed by atoms with Crippen LogP contribution >= 0.6 is 0 Å². The Morgan fingerprint density at radius 3 is 2.23 bits per heavy atom. The van der Waals surface area contributed by atoms with Crippen LogP contribution in [-0.4, -0.2) is 21.5 Å². The van der Waals surface area contributed by atoms with Crippen molar-refractivity contribution >= 4 is 17.1 Å². The van der Waals surface area contributed by atoms with Gasteiger partial charge in [-0.25, -0.2) is 4.79 Å². The summed E-state index contributed by atoms with van der Waals surface area (Å²) >= 11 is 0. The molecule has 142 valence electrons. The highest BCUT2D eigenvalue weighted by atomic mass is 19.4. The minimum Gasteiger partial charge on any atom is -0.508 e. The zero-order valence-electron chi connectivity index (χ0n) is 13.5. The minimum absolute atomic E-state index is 0.0753. The number of benzene rings is 1. The standard InChI is InChI=1S/C16H15F3O3.CH2O3/c17-16(18,19)15-13(9-4-2-1-3-5-9)14(21)11-7-6-10(20)8-12(11)22-15;2-1(3)4/h6-9,20H,1-5H2;(H2,2,3,4). The summed E-state index contributed by atoms with van der Waals surface area (Å²) in [4.78, 5) is 21.1. The number of carbonyl (C=O) groups is 1. The first-order chi connectivity index (χ1) is 12.1. The molecule has 1 aliphatic rings. The van der Waals surface area contributed by atoms with E-state index in [9.17, 15) is 23.1 Å². The summed E-state index contributed by atoms with van der Waals surface area (Å²) in [6.07, 6.45) is -2.82. The SMILES string of the molecule is O=C(O)O.O=c1c(C2CCCCC2)c(C(F)(F)F)oc2cc(O)ccc12. The van der Waals surface area contributed by atoms with Crippen molar-refractivity contribution in [3.8, 4) is 5.75 Å². The molecule has 0 saturated heterocycles. The maximum Gasteiger partial charge on any atom is 0.503 e. The van der Waals surface area contributed by atoms with Crippen LogP contribution in [0, 0.1) is 0 Å². The first-order valence-corrected chi connectivity index (χ1v) is 7.90. The molecule has 1 heterocycles. The predicted octanol–water partition coefficient (Wildman–Crippen LogP) is 4.79. The number of hydrogen-bond acceptors (Lipinski definition) is 4. The van der Waals surface area contributed by atoms with Gasteiger partial charge in [-0.05, 0) is 30.9 Å². The van der Waals surface area contributed by atoms with Crippen molar-refractivity contribution in [2.75, 3.05) is 0 Å². The second-order valence-electron chi connectivity index (χ2n) is 5.97. The van der Waals surface area contributed by atoms with Gasteiger partial charge in [0.1, 0.15) is 11.3 Å². The van der Waals surface area contributed by atoms with Gasteiger partial charge in [-0.2, -0.15) is 13.2 Å². The number of carboxylic acid groups (broad SMARTS) is 2. The lowest BCUT2D eigenvalue weighted by atomic mass is 9.83. The molecule has 0 atom stereocenters. The molecule has 0 amide bonds. The van der Waals surface area contributed by atoms with Crippen LogP contribution < -0.4 is 5.43 Å². The molecule has 1 saturated carbocycles. The van der Waals surface area contributed by atoms with Crippen LogP contribution in [-0.2, 0) is 6.18 Å². The molecule has 1 aromatic heterocycles. The second kappa shape index (κ2) is 7.67. The van der Waals surface area contributed by atoms with Crippen LogP contribution in [0.4, 0.5) is 18.0 Å². The van der Waals surface area contributed by atoms with Gasteiger partial charge in [0.2, 0.25) is 5.76 Å². The molecule has 2 aromatic rings. The van der Waals surface area contributed by atoms with Crippen molar-refractivity contribution < 1.29 is 37.7 Å². The number of fused-ring (bicyclic) bond motifs is 1. The fraction of sp³-hybridized carbons (Fsp3) is 0.412. The van der Waals surface area contributed by atoms with Crippen LogP contribution in [0.3, 0.4) is 0 Å². The second-order valence-corrected chi connectivity index (χ2v) is 5.97. The number of phenols is 1. The summed E-state index contributed by atoms with van der Waals surface area (Å²) in [7, 11) is 0. The smallest absolute Gasteiger partial charge is 0.503 e. The number of hydrogen-bond donors (Lipinski definition) is 3. The number of phenolic OH excluding ortho intramolecular Hbond substituents is 1. The third kappa shape index (κ3) is 4.47. The van der Waals surface area contributed by atoms with Gasteiger partial charge >= 0.3 is 12.3 Å². The minimum atomic E-state index is -4.73. The maximum absolute atomic E-state index is 13.3. The molecule has 9 heteroatoms. The van der Waals surface area contributed by atoms with Gasteiger partial charge in [0, 0.05) is 6.07 Å². The first-order valence-electron chi connectivity index (χ1n) is 7.90. The Morgan fingerprint density at radius 2 is 1.69 bits per heavy atom. The topological polar surface area (TPSA) is 108 Å². The zero-order valence-corrected chi connectivity index (χ0v) is 13.5. The molecule has 3 N–H and O–H groups in total. The van der Waals surface area contributed by atoms with E-state index >= 15 is 0 Å². The lowest BCUT2D eigenvalue weighted by Crippen LogP contribution is -2.23. The molecule has 1 fully saturated rings. The molecule has 0 bridgehead atoms. The van der Waals surface area contributed by atoms with Crippen molar-refractivity contribution in [1.29, 1.82) is 0 Å². The lowest BCUT2D eigenvalue weighted by Gasteiger charge is -2.23. The molecular formula is C17H17F3O6. The fourth-order valence-electron chi connectivity index (χ4n) is 3.17. The van der Waals surface area contributed by atoms with Crippen LogP contribution in [0.25, 0.3) is 11.0 Å². The summed E-state index contributed by atoms with van der Waals surface area (Å²) in [5.74, 6) is -1.88. The van der Waals surface area contributed by atoms with Gasteiger partial charge in [-0.3, -0.25) is 4.79 Å². The monoisotopic (exact) mass is 374 g/mol. The molecule has 0 unspecified atom stereocenters. The van der Waals surface area contributed by atoms with E-state index in [0.29, 0.717) is 12.8 Å². The molecular weight excluding hydrogens is 357 g/mol. The zero-order chi connectivity index (χ0) is 19.5. The number of halogens is 3. The van der Waals surface area contributed by atoms with E-state index in [-0.39, 0.29) is 22.3 Å². The number of aromatic hydroxyl groups is 1. The van der Waals surface area contributed by atoms with Gasteiger partial charge in [-0.15, -0.1) is 0 Å². The van der Waals surface area contributed by atoms with E-state index in [1.807, 2.05) is 0 Å². The molecule has 26 heavy (non-hydrogen) atoms. The van der Waals surface area contributed by atoms with Crippen LogP contribution in [0.1, 0.15) is 49.3 Å². The average molecular weight is 374 g/mol.